The van der Waals surface area contributed by atoms with Gasteiger partial charge >= 0.3 is 0 Å². The molecule has 6 nitrogen and oxygen atoms in total. The Bertz CT molecular complexity index is 758. The molecule has 0 aliphatic carbocycles. The van der Waals surface area contributed by atoms with Crippen molar-refractivity contribution >= 4 is 17.3 Å². The van der Waals surface area contributed by atoms with Crippen LogP contribution in [-0.4, -0.2) is 30.8 Å². The summed E-state index contributed by atoms with van der Waals surface area (Å²) in [5, 5.41) is 9.83. The second-order valence-electron chi connectivity index (χ2n) is 6.38. The van der Waals surface area contributed by atoms with E-state index in [1.807, 2.05) is 12.1 Å². The molecular weight excluding hydrogens is 348 g/mol. The molecule has 26 heavy (non-hydrogen) atoms. The number of thiazole rings is 1. The normalized spacial score (nSPS) is 13.3. The number of rotatable bonds is 7. The summed E-state index contributed by atoms with van der Waals surface area (Å²) in [5.41, 5.74) is 2.35. The Morgan fingerprint density at radius 2 is 2.12 bits per heavy atom. The third kappa shape index (κ3) is 4.88. The van der Waals surface area contributed by atoms with Gasteiger partial charge in [-0.25, -0.2) is 9.98 Å². The largest absolute Gasteiger partial charge is 0.454 e. The van der Waals surface area contributed by atoms with Gasteiger partial charge in [-0.05, 0) is 37.0 Å². The van der Waals surface area contributed by atoms with Crippen molar-refractivity contribution in [2.24, 2.45) is 4.99 Å². The number of guanidine groups is 1. The number of aromatic nitrogens is 1. The fourth-order valence-corrected chi connectivity index (χ4v) is 3.45. The van der Waals surface area contributed by atoms with Gasteiger partial charge in [0.2, 0.25) is 6.79 Å². The number of hydrogen-bond acceptors (Lipinski definition) is 5. The Morgan fingerprint density at radius 1 is 1.27 bits per heavy atom. The highest BCUT2D eigenvalue weighted by molar-refractivity contribution is 7.09. The second kappa shape index (κ2) is 8.89. The summed E-state index contributed by atoms with van der Waals surface area (Å²) in [5.74, 6) is 2.92. The first-order chi connectivity index (χ1) is 12.7. The molecule has 0 bridgehead atoms. The SMILES string of the molecule is CCNC(=NCc1nc(C(C)C)cs1)NCCc1ccc2c(c1)OCO2. The molecule has 2 aromatic rings. The fraction of sp³-hybridized carbons (Fsp3) is 0.474. The highest BCUT2D eigenvalue weighted by Gasteiger charge is 2.13. The predicted octanol–water partition coefficient (Wildman–Crippen LogP) is 3.29. The van der Waals surface area contributed by atoms with Crippen LogP contribution >= 0.6 is 11.3 Å². The molecule has 2 N–H and O–H groups in total. The topological polar surface area (TPSA) is 67.8 Å². The van der Waals surface area contributed by atoms with Crippen molar-refractivity contribution < 1.29 is 9.47 Å². The lowest BCUT2D eigenvalue weighted by Crippen LogP contribution is -2.38. The molecule has 0 atom stereocenters. The molecular formula is C19H26N4O2S. The van der Waals surface area contributed by atoms with E-state index in [0.29, 0.717) is 19.3 Å². The van der Waals surface area contributed by atoms with E-state index in [9.17, 15) is 0 Å². The maximum Gasteiger partial charge on any atom is 0.231 e. The van der Waals surface area contributed by atoms with Crippen LogP contribution in [0.25, 0.3) is 0 Å². The standard InChI is InChI=1S/C19H26N4O2S/c1-4-20-19(22-10-18-23-15(11-26-18)13(2)3)21-8-7-14-5-6-16-17(9-14)25-12-24-16/h5-6,9,11,13H,4,7-8,10,12H2,1-3H3,(H2,20,21,22). The maximum absolute atomic E-state index is 5.43. The van der Waals surface area contributed by atoms with Crippen molar-refractivity contribution in [1.29, 1.82) is 0 Å². The molecule has 1 aromatic carbocycles. The predicted molar refractivity (Wildman–Crippen MR) is 105 cm³/mol. The minimum absolute atomic E-state index is 0.309. The van der Waals surface area contributed by atoms with Gasteiger partial charge < -0.3 is 20.1 Å². The summed E-state index contributed by atoms with van der Waals surface area (Å²) >= 11 is 1.67. The Kier molecular flexibility index (Phi) is 6.33. The number of fused-ring (bicyclic) bond motifs is 1. The van der Waals surface area contributed by atoms with Crippen molar-refractivity contribution in [3.8, 4) is 11.5 Å². The first-order valence-electron chi connectivity index (χ1n) is 9.00. The summed E-state index contributed by atoms with van der Waals surface area (Å²) in [6, 6.07) is 6.07. The lowest BCUT2D eigenvalue weighted by Gasteiger charge is -2.11. The molecule has 3 rings (SSSR count). The molecule has 0 saturated heterocycles. The maximum atomic E-state index is 5.43. The van der Waals surface area contributed by atoms with Gasteiger partial charge in [-0.2, -0.15) is 0 Å². The first kappa shape index (κ1) is 18.5. The van der Waals surface area contributed by atoms with Gasteiger partial charge in [-0.15, -0.1) is 11.3 Å². The van der Waals surface area contributed by atoms with Gasteiger partial charge in [0.25, 0.3) is 0 Å². The minimum atomic E-state index is 0.309. The van der Waals surface area contributed by atoms with E-state index in [4.69, 9.17) is 9.47 Å². The van der Waals surface area contributed by atoms with Gasteiger partial charge in [-0.1, -0.05) is 19.9 Å². The van der Waals surface area contributed by atoms with Crippen LogP contribution in [0.15, 0.2) is 28.6 Å². The number of benzene rings is 1. The first-order valence-corrected chi connectivity index (χ1v) is 9.88. The van der Waals surface area contributed by atoms with Gasteiger partial charge in [0, 0.05) is 18.5 Å². The van der Waals surface area contributed by atoms with E-state index in [0.717, 1.165) is 47.7 Å². The van der Waals surface area contributed by atoms with Crippen LogP contribution in [0.4, 0.5) is 0 Å². The number of nitrogens with one attached hydrogen (secondary N) is 2. The summed E-state index contributed by atoms with van der Waals surface area (Å²) in [7, 11) is 0. The van der Waals surface area contributed by atoms with Crippen LogP contribution in [0.1, 0.15) is 43.0 Å². The zero-order chi connectivity index (χ0) is 18.4. The average molecular weight is 375 g/mol. The molecule has 1 aliphatic rings. The van der Waals surface area contributed by atoms with Crippen LogP contribution in [0.5, 0.6) is 11.5 Å². The number of ether oxygens (including phenoxy) is 2. The highest BCUT2D eigenvalue weighted by Crippen LogP contribution is 2.32. The van der Waals surface area contributed by atoms with Crippen LogP contribution in [0.2, 0.25) is 0 Å². The zero-order valence-electron chi connectivity index (χ0n) is 15.5. The second-order valence-corrected chi connectivity index (χ2v) is 7.32. The van der Waals surface area contributed by atoms with Crippen LogP contribution in [0.3, 0.4) is 0 Å². The third-order valence-corrected chi connectivity index (χ3v) is 4.87. The van der Waals surface area contributed by atoms with Gasteiger partial charge in [0.15, 0.2) is 17.5 Å². The molecule has 2 heterocycles. The highest BCUT2D eigenvalue weighted by atomic mass is 32.1. The van der Waals surface area contributed by atoms with Crippen LogP contribution in [-0.2, 0) is 13.0 Å². The van der Waals surface area contributed by atoms with E-state index in [1.165, 1.54) is 5.56 Å². The Morgan fingerprint density at radius 3 is 2.88 bits per heavy atom. The smallest absolute Gasteiger partial charge is 0.231 e. The summed E-state index contributed by atoms with van der Waals surface area (Å²) in [6.07, 6.45) is 0.885. The molecule has 0 radical (unpaired) electrons. The molecule has 0 amide bonds. The van der Waals surface area contributed by atoms with Gasteiger partial charge in [-0.3, -0.25) is 0 Å². The van der Waals surface area contributed by atoms with Crippen molar-refractivity contribution in [1.82, 2.24) is 15.6 Å². The van der Waals surface area contributed by atoms with Crippen LogP contribution in [0, 0.1) is 0 Å². The zero-order valence-corrected chi connectivity index (χ0v) is 16.4. The lowest BCUT2D eigenvalue weighted by atomic mass is 10.1. The van der Waals surface area contributed by atoms with E-state index in [-0.39, 0.29) is 0 Å². The molecule has 0 saturated carbocycles. The van der Waals surface area contributed by atoms with E-state index in [2.05, 4.69) is 52.8 Å². The van der Waals surface area contributed by atoms with Crippen LogP contribution < -0.4 is 20.1 Å². The fourth-order valence-electron chi connectivity index (χ4n) is 2.57. The quantitative estimate of drug-likeness (QED) is 0.575. The molecule has 1 aliphatic heterocycles. The Hall–Kier alpha value is -2.28. The monoisotopic (exact) mass is 374 g/mol. The molecule has 1 aromatic heterocycles. The van der Waals surface area contributed by atoms with E-state index < -0.39 is 0 Å². The van der Waals surface area contributed by atoms with E-state index >= 15 is 0 Å². The molecule has 0 unspecified atom stereocenters. The van der Waals surface area contributed by atoms with Crippen molar-refractivity contribution in [2.75, 3.05) is 19.9 Å². The number of hydrogen-bond donors (Lipinski definition) is 2. The number of nitrogens with zero attached hydrogens (tertiary/aromatic N) is 2. The summed E-state index contributed by atoms with van der Waals surface area (Å²) < 4.78 is 10.8. The Labute approximate surface area is 158 Å². The van der Waals surface area contributed by atoms with Gasteiger partial charge in [0.1, 0.15) is 5.01 Å². The third-order valence-electron chi connectivity index (χ3n) is 4.02. The van der Waals surface area contributed by atoms with Gasteiger partial charge in [0.05, 0.1) is 12.2 Å². The number of aliphatic imine (C=N–C) groups is 1. The van der Waals surface area contributed by atoms with Crippen molar-refractivity contribution in [3.63, 3.8) is 0 Å². The van der Waals surface area contributed by atoms with Crippen molar-refractivity contribution in [3.05, 3.63) is 39.8 Å². The minimum Gasteiger partial charge on any atom is -0.454 e. The average Bonchev–Trinajstić information content (AvgIpc) is 3.28. The molecule has 0 spiro atoms. The van der Waals surface area contributed by atoms with E-state index in [1.54, 1.807) is 11.3 Å². The summed E-state index contributed by atoms with van der Waals surface area (Å²) in [4.78, 5) is 9.28. The molecule has 7 heteroatoms. The van der Waals surface area contributed by atoms with Crippen molar-refractivity contribution in [2.45, 2.75) is 39.7 Å². The summed E-state index contributed by atoms with van der Waals surface area (Å²) in [6.45, 7) is 8.90. The lowest BCUT2D eigenvalue weighted by molar-refractivity contribution is 0.174. The molecule has 0 fully saturated rings. The molecule has 140 valence electrons. The Balaban J connectivity index is 1.52.